The Labute approximate surface area is 103 Å². The Kier molecular flexibility index (Phi) is 3.69. The highest BCUT2D eigenvalue weighted by Crippen LogP contribution is 2.33. The van der Waals surface area contributed by atoms with Crippen LogP contribution < -0.4 is 10.1 Å². The van der Waals surface area contributed by atoms with Crippen molar-refractivity contribution in [3.05, 3.63) is 29.8 Å². The molecule has 0 aromatic heterocycles. The van der Waals surface area contributed by atoms with Crippen LogP contribution in [0.4, 0.5) is 0 Å². The zero-order valence-electron chi connectivity index (χ0n) is 10.6. The van der Waals surface area contributed by atoms with E-state index in [0.29, 0.717) is 13.2 Å². The van der Waals surface area contributed by atoms with Gasteiger partial charge in [0.25, 0.3) is 0 Å². The molecular formula is C14H21NO2. The average Bonchev–Trinajstić information content (AvgIpc) is 3.05. The molecule has 3 heteroatoms. The van der Waals surface area contributed by atoms with Crippen molar-refractivity contribution in [3.63, 3.8) is 0 Å². The predicted molar refractivity (Wildman–Crippen MR) is 68.3 cm³/mol. The lowest BCUT2D eigenvalue weighted by molar-refractivity contribution is 0.103. The number of rotatable bonds is 6. The molecule has 17 heavy (non-hydrogen) atoms. The summed E-state index contributed by atoms with van der Waals surface area (Å²) in [5.41, 5.74) is 1.48. The number of hydrogen-bond donors (Lipinski definition) is 2. The Morgan fingerprint density at radius 1 is 1.35 bits per heavy atom. The third kappa shape index (κ3) is 4.02. The Bertz CT molecular complexity index is 357. The van der Waals surface area contributed by atoms with Crippen LogP contribution in [0, 0.1) is 6.92 Å². The number of β-amino-alcohol motifs (C(OH)–C–C–N with tert-alkyl or cyclic N) is 1. The molecule has 0 aliphatic heterocycles. The molecule has 1 aliphatic carbocycles. The van der Waals surface area contributed by atoms with Crippen LogP contribution in [0.25, 0.3) is 0 Å². The second-order valence-corrected chi connectivity index (χ2v) is 5.22. The van der Waals surface area contributed by atoms with Gasteiger partial charge in [0, 0.05) is 12.1 Å². The van der Waals surface area contributed by atoms with Crippen molar-refractivity contribution in [2.45, 2.75) is 38.3 Å². The molecule has 3 nitrogen and oxygen atoms in total. The molecule has 0 heterocycles. The minimum atomic E-state index is -0.450. The molecule has 1 aromatic carbocycles. The highest BCUT2D eigenvalue weighted by atomic mass is 16.5. The Hall–Kier alpha value is -1.06. The van der Waals surface area contributed by atoms with E-state index in [1.165, 1.54) is 18.4 Å². The fraction of sp³-hybridized carbons (Fsp3) is 0.571. The number of aliphatic hydroxyl groups excluding tert-OH is 1. The summed E-state index contributed by atoms with van der Waals surface area (Å²) in [5, 5.41) is 13.1. The first-order valence-corrected chi connectivity index (χ1v) is 6.20. The standard InChI is InChI=1S/C14H21NO2/c1-11-3-5-13(6-4-11)17-10-12(16)9-15-14(2)7-8-14/h3-6,12,15-16H,7-10H2,1-2H3. The van der Waals surface area contributed by atoms with Crippen LogP contribution in [-0.4, -0.2) is 29.9 Å². The number of aliphatic hydroxyl groups is 1. The van der Waals surface area contributed by atoms with Crippen LogP contribution in [0.15, 0.2) is 24.3 Å². The second-order valence-electron chi connectivity index (χ2n) is 5.22. The number of benzene rings is 1. The molecule has 1 saturated carbocycles. The maximum atomic E-state index is 9.77. The zero-order chi connectivity index (χ0) is 12.3. The van der Waals surface area contributed by atoms with Gasteiger partial charge in [-0.05, 0) is 38.8 Å². The maximum Gasteiger partial charge on any atom is 0.119 e. The normalized spacial score (nSPS) is 18.8. The molecule has 0 radical (unpaired) electrons. The molecule has 0 amide bonds. The molecule has 0 spiro atoms. The lowest BCUT2D eigenvalue weighted by Gasteiger charge is -2.16. The van der Waals surface area contributed by atoms with Crippen LogP contribution in [0.1, 0.15) is 25.3 Å². The summed E-state index contributed by atoms with van der Waals surface area (Å²) in [6, 6.07) is 7.87. The molecule has 1 unspecified atom stereocenters. The van der Waals surface area contributed by atoms with E-state index < -0.39 is 6.10 Å². The van der Waals surface area contributed by atoms with Gasteiger partial charge in [0.1, 0.15) is 18.5 Å². The lowest BCUT2D eigenvalue weighted by atomic mass is 10.2. The molecular weight excluding hydrogens is 214 g/mol. The van der Waals surface area contributed by atoms with Crippen molar-refractivity contribution in [2.24, 2.45) is 0 Å². The summed E-state index contributed by atoms with van der Waals surface area (Å²) in [6.45, 7) is 5.16. The average molecular weight is 235 g/mol. The largest absolute Gasteiger partial charge is 0.491 e. The molecule has 1 fully saturated rings. The van der Waals surface area contributed by atoms with Crippen molar-refractivity contribution >= 4 is 0 Å². The molecule has 0 saturated heterocycles. The molecule has 1 aliphatic rings. The van der Waals surface area contributed by atoms with Crippen molar-refractivity contribution in [3.8, 4) is 5.75 Å². The van der Waals surface area contributed by atoms with E-state index in [9.17, 15) is 5.11 Å². The summed E-state index contributed by atoms with van der Waals surface area (Å²) in [6.07, 6.45) is 1.96. The monoisotopic (exact) mass is 235 g/mol. The summed E-state index contributed by atoms with van der Waals surface area (Å²) >= 11 is 0. The topological polar surface area (TPSA) is 41.5 Å². The van der Waals surface area contributed by atoms with Crippen LogP contribution >= 0.6 is 0 Å². The molecule has 1 aromatic rings. The van der Waals surface area contributed by atoms with Crippen LogP contribution in [0.3, 0.4) is 0 Å². The Morgan fingerprint density at radius 3 is 2.59 bits per heavy atom. The number of aryl methyl sites for hydroxylation is 1. The first-order chi connectivity index (χ1) is 8.07. The number of nitrogens with one attached hydrogen (secondary N) is 1. The maximum absolute atomic E-state index is 9.77. The summed E-state index contributed by atoms with van der Waals surface area (Å²) in [5.74, 6) is 0.812. The fourth-order valence-electron chi connectivity index (χ4n) is 1.61. The zero-order valence-corrected chi connectivity index (χ0v) is 10.6. The third-order valence-electron chi connectivity index (χ3n) is 3.23. The number of ether oxygens (including phenoxy) is 1. The van der Waals surface area contributed by atoms with Gasteiger partial charge in [-0.1, -0.05) is 17.7 Å². The van der Waals surface area contributed by atoms with E-state index in [1.54, 1.807) is 0 Å². The van der Waals surface area contributed by atoms with E-state index in [1.807, 2.05) is 31.2 Å². The van der Waals surface area contributed by atoms with E-state index >= 15 is 0 Å². The van der Waals surface area contributed by atoms with E-state index in [2.05, 4.69) is 12.2 Å². The lowest BCUT2D eigenvalue weighted by Crippen LogP contribution is -2.37. The minimum absolute atomic E-state index is 0.269. The van der Waals surface area contributed by atoms with Gasteiger partial charge in [0.15, 0.2) is 0 Å². The van der Waals surface area contributed by atoms with E-state index in [4.69, 9.17) is 4.74 Å². The van der Waals surface area contributed by atoms with E-state index in [0.717, 1.165) is 5.75 Å². The first kappa shape index (κ1) is 12.4. The van der Waals surface area contributed by atoms with Gasteiger partial charge in [0.05, 0.1) is 0 Å². The number of hydrogen-bond acceptors (Lipinski definition) is 3. The van der Waals surface area contributed by atoms with Gasteiger partial charge in [0.2, 0.25) is 0 Å². The van der Waals surface area contributed by atoms with Gasteiger partial charge in [-0.25, -0.2) is 0 Å². The third-order valence-corrected chi connectivity index (χ3v) is 3.23. The molecule has 2 rings (SSSR count). The summed E-state index contributed by atoms with van der Waals surface area (Å²) < 4.78 is 5.52. The quantitative estimate of drug-likeness (QED) is 0.791. The van der Waals surface area contributed by atoms with E-state index in [-0.39, 0.29) is 5.54 Å². The second kappa shape index (κ2) is 5.07. The van der Waals surface area contributed by atoms with Gasteiger partial charge < -0.3 is 15.2 Å². The van der Waals surface area contributed by atoms with Gasteiger partial charge >= 0.3 is 0 Å². The highest BCUT2D eigenvalue weighted by molar-refractivity contribution is 5.26. The molecule has 2 N–H and O–H groups in total. The summed E-state index contributed by atoms with van der Waals surface area (Å²) in [4.78, 5) is 0. The van der Waals surface area contributed by atoms with Crippen molar-refractivity contribution in [1.82, 2.24) is 5.32 Å². The van der Waals surface area contributed by atoms with Crippen molar-refractivity contribution in [2.75, 3.05) is 13.2 Å². The van der Waals surface area contributed by atoms with Gasteiger partial charge in [-0.2, -0.15) is 0 Å². The minimum Gasteiger partial charge on any atom is -0.491 e. The van der Waals surface area contributed by atoms with Crippen molar-refractivity contribution in [1.29, 1.82) is 0 Å². The fourth-order valence-corrected chi connectivity index (χ4v) is 1.61. The van der Waals surface area contributed by atoms with Crippen LogP contribution in [0.2, 0.25) is 0 Å². The summed E-state index contributed by atoms with van der Waals surface area (Å²) in [7, 11) is 0. The van der Waals surface area contributed by atoms with Gasteiger partial charge in [-0.3, -0.25) is 0 Å². The Morgan fingerprint density at radius 2 is 2.00 bits per heavy atom. The smallest absolute Gasteiger partial charge is 0.119 e. The molecule has 94 valence electrons. The predicted octanol–water partition coefficient (Wildman–Crippen LogP) is 1.88. The Balaban J connectivity index is 1.68. The van der Waals surface area contributed by atoms with Gasteiger partial charge in [-0.15, -0.1) is 0 Å². The molecule has 0 bridgehead atoms. The highest BCUT2D eigenvalue weighted by Gasteiger charge is 2.36. The SMILES string of the molecule is Cc1ccc(OCC(O)CNC2(C)CC2)cc1. The van der Waals surface area contributed by atoms with Crippen molar-refractivity contribution < 1.29 is 9.84 Å². The first-order valence-electron chi connectivity index (χ1n) is 6.20. The molecule has 1 atom stereocenters. The van der Waals surface area contributed by atoms with Crippen LogP contribution in [0.5, 0.6) is 5.75 Å². The van der Waals surface area contributed by atoms with Crippen LogP contribution in [-0.2, 0) is 0 Å².